The lowest BCUT2D eigenvalue weighted by Crippen LogP contribution is -1.76. The molecule has 0 heterocycles. The van der Waals surface area contributed by atoms with Gasteiger partial charge in [-0.1, -0.05) is 66.2 Å². The Bertz CT molecular complexity index is 472. The van der Waals surface area contributed by atoms with E-state index in [4.69, 9.17) is 11.6 Å². The van der Waals surface area contributed by atoms with Crippen LogP contribution in [0.3, 0.4) is 0 Å². The maximum absolute atomic E-state index is 5.54. The molecule has 0 amide bonds. The number of rotatable bonds is 0. The van der Waals surface area contributed by atoms with Gasteiger partial charge in [-0.3, -0.25) is 0 Å². The molecule has 0 fully saturated rings. The highest BCUT2D eigenvalue weighted by molar-refractivity contribution is 6.30. The van der Waals surface area contributed by atoms with Crippen LogP contribution in [0.4, 0.5) is 0 Å². The molecule has 16 heavy (non-hydrogen) atoms. The molecule has 3 rings (SSSR count). The third-order valence-electron chi connectivity index (χ3n) is 2.42. The van der Waals surface area contributed by atoms with E-state index in [1.807, 2.05) is 30.3 Å². The van der Waals surface area contributed by atoms with Crippen LogP contribution in [0.1, 0.15) is 11.1 Å². The summed E-state index contributed by atoms with van der Waals surface area (Å²) in [5.41, 5.74) is 2.84. The van der Waals surface area contributed by atoms with Gasteiger partial charge in [0.15, 0.2) is 0 Å². The van der Waals surface area contributed by atoms with Crippen LogP contribution in [-0.2, 0) is 6.42 Å². The Hall–Kier alpha value is -1.53. The minimum atomic E-state index is 0.794. The highest BCUT2D eigenvalue weighted by Gasteiger charge is 2.00. The van der Waals surface area contributed by atoms with Crippen molar-refractivity contribution in [2.45, 2.75) is 6.42 Å². The monoisotopic (exact) mass is 228 g/mol. The molecule has 1 heteroatoms. The smallest absolute Gasteiger partial charge is 0.0405 e. The molecule has 0 unspecified atom stereocenters. The molecule has 0 radical (unpaired) electrons. The molecular formula is C15H13Cl. The Morgan fingerprint density at radius 3 is 2.12 bits per heavy atom. The topological polar surface area (TPSA) is 0 Å². The summed E-state index contributed by atoms with van der Waals surface area (Å²) in [6, 6.07) is 17.9. The quantitative estimate of drug-likeness (QED) is 0.619. The average Bonchev–Trinajstić information content (AvgIpc) is 2.79. The highest BCUT2D eigenvalue weighted by Crippen LogP contribution is 2.17. The van der Waals surface area contributed by atoms with Crippen LogP contribution in [0.5, 0.6) is 0 Å². The molecule has 1 aliphatic carbocycles. The van der Waals surface area contributed by atoms with Gasteiger partial charge in [0.25, 0.3) is 0 Å². The molecule has 0 aromatic heterocycles. The highest BCUT2D eigenvalue weighted by atomic mass is 35.5. The van der Waals surface area contributed by atoms with E-state index < -0.39 is 0 Å². The Kier molecular flexibility index (Phi) is 3.79. The van der Waals surface area contributed by atoms with E-state index in [0.717, 1.165) is 11.4 Å². The summed E-state index contributed by atoms with van der Waals surface area (Å²) in [6.07, 6.45) is 5.50. The van der Waals surface area contributed by atoms with Gasteiger partial charge >= 0.3 is 0 Å². The molecule has 2 aromatic carbocycles. The van der Waals surface area contributed by atoms with Gasteiger partial charge in [0.1, 0.15) is 0 Å². The first-order valence-electron chi connectivity index (χ1n) is 5.31. The second-order valence-corrected chi connectivity index (χ2v) is 4.04. The maximum atomic E-state index is 5.54. The lowest BCUT2D eigenvalue weighted by molar-refractivity contribution is 1.31. The third kappa shape index (κ3) is 2.98. The van der Waals surface area contributed by atoms with Crippen LogP contribution in [0.25, 0.3) is 6.08 Å². The van der Waals surface area contributed by atoms with Crippen LogP contribution in [0.2, 0.25) is 5.02 Å². The van der Waals surface area contributed by atoms with Crippen molar-refractivity contribution in [1.82, 2.24) is 0 Å². The number of halogens is 1. The SMILES string of the molecule is C1=Cc2ccccc2C1.Clc1ccccc1. The Morgan fingerprint density at radius 2 is 1.50 bits per heavy atom. The maximum Gasteiger partial charge on any atom is 0.0405 e. The van der Waals surface area contributed by atoms with Gasteiger partial charge in [-0.05, 0) is 29.7 Å². The molecule has 0 atom stereocenters. The van der Waals surface area contributed by atoms with Gasteiger partial charge in [0, 0.05) is 5.02 Å². The predicted octanol–water partition coefficient (Wildman–Crippen LogP) is 4.60. The zero-order chi connectivity index (χ0) is 11.2. The van der Waals surface area contributed by atoms with Crippen molar-refractivity contribution in [1.29, 1.82) is 0 Å². The van der Waals surface area contributed by atoms with Gasteiger partial charge in [-0.2, -0.15) is 0 Å². The van der Waals surface area contributed by atoms with Crippen molar-refractivity contribution in [2.75, 3.05) is 0 Å². The van der Waals surface area contributed by atoms with Crippen LogP contribution < -0.4 is 0 Å². The lowest BCUT2D eigenvalue weighted by atomic mass is 10.1. The fourth-order valence-electron chi connectivity index (χ4n) is 1.61. The number of fused-ring (bicyclic) bond motifs is 1. The zero-order valence-corrected chi connectivity index (χ0v) is 9.69. The molecule has 0 aliphatic heterocycles. The summed E-state index contributed by atoms with van der Waals surface area (Å²) >= 11 is 5.54. The van der Waals surface area contributed by atoms with Gasteiger partial charge in [0.2, 0.25) is 0 Å². The Morgan fingerprint density at radius 1 is 0.812 bits per heavy atom. The number of benzene rings is 2. The molecule has 0 N–H and O–H groups in total. The van der Waals surface area contributed by atoms with E-state index in [-0.39, 0.29) is 0 Å². The lowest BCUT2D eigenvalue weighted by Gasteiger charge is -1.93. The number of hydrogen-bond donors (Lipinski definition) is 0. The minimum absolute atomic E-state index is 0.794. The van der Waals surface area contributed by atoms with E-state index in [9.17, 15) is 0 Å². The largest absolute Gasteiger partial charge is 0.0843 e. The molecule has 1 aliphatic rings. The zero-order valence-electron chi connectivity index (χ0n) is 8.94. The first-order chi connectivity index (χ1) is 7.86. The molecule has 80 valence electrons. The minimum Gasteiger partial charge on any atom is -0.0843 e. The van der Waals surface area contributed by atoms with E-state index in [2.05, 4.69) is 36.4 Å². The molecular weight excluding hydrogens is 216 g/mol. The average molecular weight is 229 g/mol. The normalized spacial score (nSPS) is 11.6. The summed E-state index contributed by atoms with van der Waals surface area (Å²) in [5.74, 6) is 0. The van der Waals surface area contributed by atoms with Crippen molar-refractivity contribution >= 4 is 17.7 Å². The third-order valence-corrected chi connectivity index (χ3v) is 2.68. The molecule has 0 saturated heterocycles. The first kappa shape index (κ1) is 11.0. The first-order valence-corrected chi connectivity index (χ1v) is 5.69. The van der Waals surface area contributed by atoms with E-state index in [1.165, 1.54) is 11.1 Å². The summed E-state index contributed by atoms with van der Waals surface area (Å²) in [6.45, 7) is 0. The van der Waals surface area contributed by atoms with E-state index in [0.29, 0.717) is 0 Å². The predicted molar refractivity (Wildman–Crippen MR) is 70.6 cm³/mol. The van der Waals surface area contributed by atoms with Crippen LogP contribution in [0, 0.1) is 0 Å². The molecule has 0 bridgehead atoms. The van der Waals surface area contributed by atoms with Gasteiger partial charge < -0.3 is 0 Å². The number of allylic oxidation sites excluding steroid dienone is 1. The van der Waals surface area contributed by atoms with Crippen LogP contribution in [-0.4, -0.2) is 0 Å². The van der Waals surface area contributed by atoms with Crippen molar-refractivity contribution in [3.63, 3.8) is 0 Å². The van der Waals surface area contributed by atoms with Crippen molar-refractivity contribution < 1.29 is 0 Å². The Labute approximate surface area is 101 Å². The summed E-state index contributed by atoms with van der Waals surface area (Å²) in [5, 5.41) is 0.794. The van der Waals surface area contributed by atoms with Crippen molar-refractivity contribution in [3.8, 4) is 0 Å². The molecule has 0 spiro atoms. The van der Waals surface area contributed by atoms with Crippen LogP contribution in [0.15, 0.2) is 60.7 Å². The van der Waals surface area contributed by atoms with E-state index >= 15 is 0 Å². The van der Waals surface area contributed by atoms with Gasteiger partial charge in [0.05, 0.1) is 0 Å². The second-order valence-electron chi connectivity index (χ2n) is 3.60. The van der Waals surface area contributed by atoms with Crippen LogP contribution >= 0.6 is 11.6 Å². The molecule has 0 nitrogen and oxygen atoms in total. The number of hydrogen-bond acceptors (Lipinski definition) is 0. The summed E-state index contributed by atoms with van der Waals surface area (Å²) in [7, 11) is 0. The molecule has 2 aromatic rings. The Balaban J connectivity index is 0.000000125. The second kappa shape index (κ2) is 5.53. The summed E-state index contributed by atoms with van der Waals surface area (Å²) < 4.78 is 0. The van der Waals surface area contributed by atoms with E-state index in [1.54, 1.807) is 0 Å². The fraction of sp³-hybridized carbons (Fsp3) is 0.0667. The van der Waals surface area contributed by atoms with Crippen molar-refractivity contribution in [3.05, 3.63) is 76.8 Å². The van der Waals surface area contributed by atoms with Gasteiger partial charge in [-0.15, -0.1) is 0 Å². The van der Waals surface area contributed by atoms with Gasteiger partial charge in [-0.25, -0.2) is 0 Å². The van der Waals surface area contributed by atoms with Crippen molar-refractivity contribution in [2.24, 2.45) is 0 Å². The summed E-state index contributed by atoms with van der Waals surface area (Å²) in [4.78, 5) is 0. The molecule has 0 saturated carbocycles. The fourth-order valence-corrected chi connectivity index (χ4v) is 1.76. The standard InChI is InChI=1S/C9H8.C6H5Cl/c1-2-5-9-7-3-6-8(9)4-1;7-6-4-2-1-3-5-6/h1-6H,7H2;1-5H.